The summed E-state index contributed by atoms with van der Waals surface area (Å²) in [7, 11) is 23.8. The highest BCUT2D eigenvalue weighted by atomic mass is 15.3. The van der Waals surface area contributed by atoms with E-state index in [-0.39, 0.29) is 5.54 Å². The third-order valence-electron chi connectivity index (χ3n) is 20.6. The minimum Gasteiger partial charge on any atom is -0.309 e. The molecule has 16 nitrogen and oxygen atoms in total. The molecule has 0 aromatic rings. The molecule has 0 aromatic carbocycles. The first-order valence-corrected chi connectivity index (χ1v) is 41.5. The molecule has 0 aliphatic rings. The van der Waals surface area contributed by atoms with Crippen LogP contribution in [0.5, 0.6) is 0 Å². The average Bonchev–Trinajstić information content (AvgIpc) is 0.918. The van der Waals surface area contributed by atoms with E-state index in [4.69, 9.17) is 0 Å². The molecule has 0 rings (SSSR count). The minimum atomic E-state index is 0.264. The molecule has 620 valence electrons. The van der Waals surface area contributed by atoms with E-state index in [2.05, 4.69) is 384 Å². The van der Waals surface area contributed by atoms with Crippen molar-refractivity contribution in [2.75, 3.05) is 274 Å². The van der Waals surface area contributed by atoms with Crippen LogP contribution in [0.1, 0.15) is 254 Å². The van der Waals surface area contributed by atoms with E-state index in [0.29, 0.717) is 33.2 Å². The Morgan fingerprint density at radius 1 is 0.158 bits per heavy atom. The van der Waals surface area contributed by atoms with E-state index >= 15 is 0 Å². The molecule has 0 aliphatic carbocycles. The summed E-state index contributed by atoms with van der Waals surface area (Å²) in [5.74, 6) is 0. The first-order chi connectivity index (χ1) is 46.1. The summed E-state index contributed by atoms with van der Waals surface area (Å²) in [6.45, 7) is 110. The van der Waals surface area contributed by atoms with Gasteiger partial charge in [0.1, 0.15) is 0 Å². The van der Waals surface area contributed by atoms with Crippen molar-refractivity contribution < 1.29 is 0 Å². The van der Waals surface area contributed by atoms with Gasteiger partial charge < -0.3 is 63.7 Å². The average molecular weight is 1450 g/mol. The number of rotatable bonds is 43. The molecule has 0 aromatic heterocycles. The summed E-state index contributed by atoms with van der Waals surface area (Å²) in [4.78, 5) is 38.9. The van der Waals surface area contributed by atoms with Gasteiger partial charge in [-0.3, -0.25) is 14.7 Å². The monoisotopic (exact) mass is 1450 g/mol. The summed E-state index contributed by atoms with van der Waals surface area (Å²) in [5, 5.41) is 0. The highest BCUT2D eigenvalue weighted by Crippen LogP contribution is 2.17. The molecule has 0 fully saturated rings. The van der Waals surface area contributed by atoms with E-state index in [1.54, 1.807) is 0 Å². The molecular weight excluding hydrogens is 1250 g/mol. The van der Waals surface area contributed by atoms with Crippen LogP contribution in [0.4, 0.5) is 0 Å². The first kappa shape index (κ1) is 114. The maximum absolute atomic E-state index is 2.63. The number of likely N-dealkylation sites (N-methyl/N-ethyl adjacent to an activating group) is 8. The van der Waals surface area contributed by atoms with Gasteiger partial charge in [0.15, 0.2) is 0 Å². The lowest BCUT2D eigenvalue weighted by atomic mass is 10.1. The lowest BCUT2D eigenvalue weighted by molar-refractivity contribution is 0.102. The molecular formula is C85H200N16. The maximum Gasteiger partial charge on any atom is 0.0126 e. The van der Waals surface area contributed by atoms with Gasteiger partial charge in [0, 0.05) is 104 Å². The van der Waals surface area contributed by atoms with Crippen LogP contribution in [-0.4, -0.2) is 391 Å². The van der Waals surface area contributed by atoms with Gasteiger partial charge in [-0.2, -0.15) is 0 Å². The zero-order valence-corrected chi connectivity index (χ0v) is 78.7. The van der Waals surface area contributed by atoms with Crippen molar-refractivity contribution in [1.29, 1.82) is 0 Å². The molecule has 16 heteroatoms. The van der Waals surface area contributed by atoms with Gasteiger partial charge in [0.2, 0.25) is 0 Å². The summed E-state index contributed by atoms with van der Waals surface area (Å²) in [6.07, 6.45) is 5.03. The fourth-order valence-corrected chi connectivity index (χ4v) is 10.5. The molecule has 0 atom stereocenters. The van der Waals surface area contributed by atoms with Crippen molar-refractivity contribution in [2.45, 2.75) is 293 Å². The van der Waals surface area contributed by atoms with Crippen LogP contribution in [0.2, 0.25) is 0 Å². The second kappa shape index (κ2) is 63.2. The lowest BCUT2D eigenvalue weighted by Gasteiger charge is -2.38. The lowest BCUT2D eigenvalue weighted by Crippen LogP contribution is -2.48. The van der Waals surface area contributed by atoms with Crippen LogP contribution in [0.15, 0.2) is 0 Å². The van der Waals surface area contributed by atoms with Gasteiger partial charge in [-0.05, 0) is 380 Å². The normalized spacial score (nSPS) is 13.0. The van der Waals surface area contributed by atoms with Crippen molar-refractivity contribution in [3.63, 3.8) is 0 Å². The Morgan fingerprint density at radius 2 is 0.347 bits per heavy atom. The fraction of sp³-hybridized carbons (Fsp3) is 1.00. The number of nitrogens with zero attached hydrogens (tertiary/aromatic N) is 16. The molecule has 0 heterocycles. The second-order valence-corrected chi connectivity index (χ2v) is 36.3. The van der Waals surface area contributed by atoms with Crippen molar-refractivity contribution >= 4 is 0 Å². The van der Waals surface area contributed by atoms with E-state index in [1.807, 2.05) is 0 Å². The molecule has 0 saturated carbocycles. The summed E-state index contributed by atoms with van der Waals surface area (Å²) < 4.78 is 0. The highest BCUT2D eigenvalue weighted by molar-refractivity contribution is 4.81. The molecule has 0 spiro atoms. The Balaban J connectivity index is -0.000000205. The standard InChI is InChI=1S/C16H37N3.C14H33N3.C12H28N2.3C11H26N2.C10H24N2/c1-8-17(9-2)12-14-19(16(5,6)7)15-13-18(10-3)11-4;1-14(2,3)17(12-8-10-15(4)5)13-9-11-16(6)7;1-7-13(8-2)10-11-14(9-3)12(4,5)6;1-7-12(5)9-8-10-13(6)11(2,3)4;2*1-7-13(8-2)10-9-12(6)11(3,4)5;1-10(2,3)12(6)9-7-8-11(4)5/h8-15H2,1-7H3;8-13H2,1-7H3;7-11H2,1-6H3;3*7-10H2,1-6H3;7-9H2,1-6H3. The Labute approximate surface area is 642 Å². The van der Waals surface area contributed by atoms with Gasteiger partial charge >= 0.3 is 0 Å². The van der Waals surface area contributed by atoms with E-state index < -0.39 is 0 Å². The molecule has 0 radical (unpaired) electrons. The molecule has 101 heavy (non-hydrogen) atoms. The van der Waals surface area contributed by atoms with Crippen LogP contribution in [0, 0.1) is 0 Å². The van der Waals surface area contributed by atoms with E-state index in [9.17, 15) is 0 Å². The minimum absolute atomic E-state index is 0.264. The zero-order chi connectivity index (χ0) is 80.8. The topological polar surface area (TPSA) is 51.8 Å². The number of hydrogen-bond donors (Lipinski definition) is 0. The van der Waals surface area contributed by atoms with Gasteiger partial charge in [0.25, 0.3) is 0 Å². The SMILES string of the molecule is CCN(C)CCCN(C)C(C)(C)C.CCN(CC)CCN(C)C(C)(C)C.CCN(CC)CCN(C)C(C)(C)C.CCN(CC)CCN(CC)C(C)(C)C.CCN(CC)CCN(CCN(CC)CC)C(C)(C)C.CN(C)CCCN(C)C(C)(C)C.CN(C)CCCN(CCCN(C)C)C(C)(C)C. The quantitative estimate of drug-likeness (QED) is 0.0582. The predicted octanol–water partition coefficient (Wildman–Crippen LogP) is 15.1. The van der Waals surface area contributed by atoms with Gasteiger partial charge in [-0.15, -0.1) is 0 Å². The predicted molar refractivity (Wildman–Crippen MR) is 465 cm³/mol. The second-order valence-electron chi connectivity index (χ2n) is 36.3. The van der Waals surface area contributed by atoms with Crippen molar-refractivity contribution in [1.82, 2.24) is 78.4 Å². The molecule has 0 amide bonds. The molecule has 0 saturated heterocycles. The van der Waals surface area contributed by atoms with E-state index in [1.165, 1.54) is 130 Å². The Bertz CT molecular complexity index is 1630. The molecule has 0 aliphatic heterocycles. The van der Waals surface area contributed by atoms with Crippen LogP contribution in [0.3, 0.4) is 0 Å². The highest BCUT2D eigenvalue weighted by Gasteiger charge is 2.25. The third-order valence-corrected chi connectivity index (χ3v) is 20.6. The molecule has 0 N–H and O–H groups in total. The maximum atomic E-state index is 2.63. The first-order valence-electron chi connectivity index (χ1n) is 41.5. The van der Waals surface area contributed by atoms with Gasteiger partial charge in [-0.25, -0.2) is 0 Å². The Hall–Kier alpha value is -0.640. The van der Waals surface area contributed by atoms with Crippen molar-refractivity contribution in [3.8, 4) is 0 Å². The van der Waals surface area contributed by atoms with Crippen LogP contribution in [0.25, 0.3) is 0 Å². The smallest absolute Gasteiger partial charge is 0.0126 e. The van der Waals surface area contributed by atoms with E-state index in [0.717, 1.165) is 91.6 Å². The van der Waals surface area contributed by atoms with Crippen LogP contribution < -0.4 is 0 Å². The van der Waals surface area contributed by atoms with Crippen molar-refractivity contribution in [2.24, 2.45) is 0 Å². The van der Waals surface area contributed by atoms with Gasteiger partial charge in [0.05, 0.1) is 0 Å². The molecule has 0 bridgehead atoms. The number of hydrogen-bond acceptors (Lipinski definition) is 16. The largest absolute Gasteiger partial charge is 0.309 e. The zero-order valence-electron chi connectivity index (χ0n) is 78.7. The third kappa shape index (κ3) is 72.0. The fourth-order valence-electron chi connectivity index (χ4n) is 10.5. The Kier molecular flexibility index (Phi) is 71.1. The van der Waals surface area contributed by atoms with Crippen LogP contribution in [-0.2, 0) is 0 Å². The molecule has 0 unspecified atom stereocenters. The van der Waals surface area contributed by atoms with Gasteiger partial charge in [-0.1, -0.05) is 83.1 Å². The Morgan fingerprint density at radius 3 is 0.535 bits per heavy atom. The summed E-state index contributed by atoms with van der Waals surface area (Å²) >= 11 is 0. The summed E-state index contributed by atoms with van der Waals surface area (Å²) in [5.41, 5.74) is 2.08. The van der Waals surface area contributed by atoms with Crippen molar-refractivity contribution in [3.05, 3.63) is 0 Å². The summed E-state index contributed by atoms with van der Waals surface area (Å²) in [6, 6.07) is 0. The van der Waals surface area contributed by atoms with Crippen LogP contribution >= 0.6 is 0 Å².